The summed E-state index contributed by atoms with van der Waals surface area (Å²) < 4.78 is 13.3. The van der Waals surface area contributed by atoms with Crippen molar-refractivity contribution in [2.45, 2.75) is 39.7 Å². The molecule has 0 aliphatic rings. The molecule has 30 heavy (non-hydrogen) atoms. The molecule has 3 rings (SSSR count). The monoisotopic (exact) mass is 409 g/mol. The van der Waals surface area contributed by atoms with Gasteiger partial charge in [-0.05, 0) is 49.2 Å². The maximum absolute atomic E-state index is 12.3. The minimum Gasteiger partial charge on any atom is -0.497 e. The van der Waals surface area contributed by atoms with Crippen LogP contribution in [0.25, 0.3) is 11.0 Å². The third-order valence-electron chi connectivity index (χ3n) is 5.38. The summed E-state index contributed by atoms with van der Waals surface area (Å²) in [6, 6.07) is 15.7. The van der Waals surface area contributed by atoms with Crippen LogP contribution in [0.4, 0.5) is 0 Å². The molecule has 6 nitrogen and oxygen atoms in total. The van der Waals surface area contributed by atoms with E-state index in [0.717, 1.165) is 41.2 Å². The van der Waals surface area contributed by atoms with E-state index < -0.39 is 0 Å². The number of rotatable bonds is 11. The lowest BCUT2D eigenvalue weighted by atomic mass is 10.0. The molecule has 0 radical (unpaired) electrons. The molecule has 1 heterocycles. The highest BCUT2D eigenvalue weighted by Gasteiger charge is 2.15. The van der Waals surface area contributed by atoms with Crippen molar-refractivity contribution in [1.82, 2.24) is 14.9 Å². The molecule has 0 saturated heterocycles. The van der Waals surface area contributed by atoms with Gasteiger partial charge in [-0.1, -0.05) is 26.0 Å². The fourth-order valence-electron chi connectivity index (χ4n) is 3.59. The Morgan fingerprint density at radius 3 is 2.47 bits per heavy atom. The van der Waals surface area contributed by atoms with Crippen LogP contribution >= 0.6 is 0 Å². The molecular formula is C24H31N3O3. The highest BCUT2D eigenvalue weighted by molar-refractivity contribution is 5.78. The topological polar surface area (TPSA) is 65.4 Å². The number of amides is 1. The number of carbonyl (C=O) groups is 1. The average Bonchev–Trinajstić information content (AvgIpc) is 3.12. The molecule has 1 N–H and O–H groups in total. The summed E-state index contributed by atoms with van der Waals surface area (Å²) in [5.41, 5.74) is 2.04. The van der Waals surface area contributed by atoms with E-state index in [-0.39, 0.29) is 11.8 Å². The Hall–Kier alpha value is -3.02. The molecule has 0 fully saturated rings. The number of imidazole rings is 1. The van der Waals surface area contributed by atoms with Crippen molar-refractivity contribution in [2.75, 3.05) is 20.3 Å². The third kappa shape index (κ3) is 5.32. The molecular weight excluding hydrogens is 378 g/mol. The van der Waals surface area contributed by atoms with Gasteiger partial charge >= 0.3 is 0 Å². The molecule has 0 atom stereocenters. The molecule has 6 heteroatoms. The second-order valence-electron chi connectivity index (χ2n) is 7.25. The van der Waals surface area contributed by atoms with Crippen LogP contribution in [0.1, 0.15) is 32.5 Å². The first-order chi connectivity index (χ1) is 14.7. The molecule has 0 bridgehead atoms. The lowest BCUT2D eigenvalue weighted by molar-refractivity contribution is -0.125. The molecule has 0 spiro atoms. The first-order valence-electron chi connectivity index (χ1n) is 10.6. The number of hydrogen-bond acceptors (Lipinski definition) is 4. The van der Waals surface area contributed by atoms with Gasteiger partial charge in [0, 0.05) is 18.9 Å². The molecule has 1 aromatic heterocycles. The van der Waals surface area contributed by atoms with Gasteiger partial charge < -0.3 is 19.4 Å². The minimum atomic E-state index is 0.0849. The van der Waals surface area contributed by atoms with Crippen LogP contribution in [0.2, 0.25) is 0 Å². The Morgan fingerprint density at radius 1 is 1.07 bits per heavy atom. The van der Waals surface area contributed by atoms with Gasteiger partial charge in [-0.15, -0.1) is 0 Å². The van der Waals surface area contributed by atoms with Crippen molar-refractivity contribution < 1.29 is 14.3 Å². The predicted molar refractivity (Wildman–Crippen MR) is 119 cm³/mol. The largest absolute Gasteiger partial charge is 0.497 e. The molecule has 0 aliphatic carbocycles. The van der Waals surface area contributed by atoms with Gasteiger partial charge in [0.1, 0.15) is 23.9 Å². The van der Waals surface area contributed by atoms with Gasteiger partial charge in [0.2, 0.25) is 5.91 Å². The normalized spacial score (nSPS) is 11.1. The van der Waals surface area contributed by atoms with Gasteiger partial charge in [-0.25, -0.2) is 4.98 Å². The maximum Gasteiger partial charge on any atom is 0.223 e. The van der Waals surface area contributed by atoms with Crippen molar-refractivity contribution in [3.8, 4) is 11.5 Å². The van der Waals surface area contributed by atoms with Crippen molar-refractivity contribution in [3.63, 3.8) is 0 Å². The number of methoxy groups -OCH3 is 1. The summed E-state index contributed by atoms with van der Waals surface area (Å²) in [5.74, 6) is 2.78. The number of hydrogen-bond donors (Lipinski definition) is 1. The first-order valence-corrected chi connectivity index (χ1v) is 10.6. The number of aromatic nitrogens is 2. The molecule has 0 unspecified atom stereocenters. The Morgan fingerprint density at radius 2 is 1.77 bits per heavy atom. The lowest BCUT2D eigenvalue weighted by Gasteiger charge is -2.14. The number of benzene rings is 2. The highest BCUT2D eigenvalue weighted by Crippen LogP contribution is 2.19. The van der Waals surface area contributed by atoms with E-state index in [1.165, 1.54) is 0 Å². The van der Waals surface area contributed by atoms with E-state index in [9.17, 15) is 4.79 Å². The standard InChI is InChI=1S/C24H31N3O3/c1-4-18(5-2)24(28)25-15-14-23-26-21-8-6-7-9-22(21)27(23)16-17-30-20-12-10-19(29-3)11-13-20/h6-13,18H,4-5,14-17H2,1-3H3,(H,25,28). The Bertz CT molecular complexity index is 946. The van der Waals surface area contributed by atoms with Crippen LogP contribution in [0, 0.1) is 5.92 Å². The first kappa shape index (κ1) is 21.7. The van der Waals surface area contributed by atoms with Gasteiger partial charge in [-0.2, -0.15) is 0 Å². The summed E-state index contributed by atoms with van der Waals surface area (Å²) in [4.78, 5) is 17.0. The van der Waals surface area contributed by atoms with E-state index in [2.05, 4.69) is 29.8 Å². The third-order valence-corrected chi connectivity index (χ3v) is 5.38. The summed E-state index contributed by atoms with van der Waals surface area (Å²) in [5, 5.41) is 3.06. The molecule has 0 aliphatic heterocycles. The highest BCUT2D eigenvalue weighted by atomic mass is 16.5. The Labute approximate surface area is 178 Å². The summed E-state index contributed by atoms with van der Waals surface area (Å²) >= 11 is 0. The zero-order chi connectivity index (χ0) is 21.3. The minimum absolute atomic E-state index is 0.0849. The number of ether oxygens (including phenoxy) is 2. The van der Waals surface area contributed by atoms with Gasteiger partial charge in [0.25, 0.3) is 0 Å². The molecule has 1 amide bonds. The van der Waals surface area contributed by atoms with E-state index in [0.29, 0.717) is 26.1 Å². The summed E-state index contributed by atoms with van der Waals surface area (Å²) in [6.07, 6.45) is 2.41. The van der Waals surface area contributed by atoms with E-state index in [4.69, 9.17) is 14.5 Å². The average molecular weight is 410 g/mol. The zero-order valence-electron chi connectivity index (χ0n) is 18.1. The SMILES string of the molecule is CCC(CC)C(=O)NCCc1nc2ccccc2n1CCOc1ccc(OC)cc1. The van der Waals surface area contributed by atoms with Gasteiger partial charge in [0.05, 0.1) is 24.7 Å². The van der Waals surface area contributed by atoms with Crippen LogP contribution in [0.5, 0.6) is 11.5 Å². The smallest absolute Gasteiger partial charge is 0.223 e. The summed E-state index contributed by atoms with van der Waals surface area (Å²) in [6.45, 7) is 5.89. The maximum atomic E-state index is 12.3. The number of carbonyl (C=O) groups excluding carboxylic acids is 1. The number of nitrogens with one attached hydrogen (secondary N) is 1. The molecule has 0 saturated carbocycles. The molecule has 3 aromatic rings. The fourth-order valence-corrected chi connectivity index (χ4v) is 3.59. The Kier molecular flexibility index (Phi) is 7.71. The van der Waals surface area contributed by atoms with Crippen LogP contribution < -0.4 is 14.8 Å². The van der Waals surface area contributed by atoms with E-state index in [1.54, 1.807) is 7.11 Å². The van der Waals surface area contributed by atoms with E-state index >= 15 is 0 Å². The van der Waals surface area contributed by atoms with Crippen molar-refractivity contribution in [2.24, 2.45) is 5.92 Å². The van der Waals surface area contributed by atoms with Crippen LogP contribution in [0.15, 0.2) is 48.5 Å². The predicted octanol–water partition coefficient (Wildman–Crippen LogP) is 4.22. The zero-order valence-corrected chi connectivity index (χ0v) is 18.1. The second kappa shape index (κ2) is 10.7. The number of para-hydroxylation sites is 2. The quantitative estimate of drug-likeness (QED) is 0.515. The van der Waals surface area contributed by atoms with Crippen molar-refractivity contribution in [3.05, 3.63) is 54.4 Å². The van der Waals surface area contributed by atoms with Crippen LogP contribution in [-0.2, 0) is 17.8 Å². The number of fused-ring (bicyclic) bond motifs is 1. The van der Waals surface area contributed by atoms with E-state index in [1.807, 2.05) is 42.5 Å². The second-order valence-corrected chi connectivity index (χ2v) is 7.25. The molecule has 160 valence electrons. The van der Waals surface area contributed by atoms with Crippen molar-refractivity contribution >= 4 is 16.9 Å². The Balaban J connectivity index is 1.64. The van der Waals surface area contributed by atoms with Crippen molar-refractivity contribution in [1.29, 1.82) is 0 Å². The lowest BCUT2D eigenvalue weighted by Crippen LogP contribution is -2.32. The summed E-state index contributed by atoms with van der Waals surface area (Å²) in [7, 11) is 1.65. The van der Waals surface area contributed by atoms with Crippen LogP contribution in [0.3, 0.4) is 0 Å². The van der Waals surface area contributed by atoms with Crippen LogP contribution in [-0.4, -0.2) is 35.7 Å². The molecule has 2 aromatic carbocycles. The van der Waals surface area contributed by atoms with Gasteiger partial charge in [0.15, 0.2) is 0 Å². The fraction of sp³-hybridized carbons (Fsp3) is 0.417. The van der Waals surface area contributed by atoms with Gasteiger partial charge in [-0.3, -0.25) is 4.79 Å². The number of nitrogens with zero attached hydrogens (tertiary/aromatic N) is 2.